The van der Waals surface area contributed by atoms with Crippen LogP contribution in [0.15, 0.2) is 53.0 Å². The molecule has 6 nitrogen and oxygen atoms in total. The van der Waals surface area contributed by atoms with Crippen molar-refractivity contribution in [2.24, 2.45) is 0 Å². The first-order valence-electron chi connectivity index (χ1n) is 10.8. The first-order chi connectivity index (χ1) is 15.6. The van der Waals surface area contributed by atoms with Crippen LogP contribution in [0.5, 0.6) is 0 Å². The number of hydrogen-bond donors (Lipinski definition) is 1. The van der Waals surface area contributed by atoms with Crippen molar-refractivity contribution in [1.29, 1.82) is 0 Å². The minimum atomic E-state index is -0.0522. The molecule has 0 saturated carbocycles. The Balaban J connectivity index is 1.26. The summed E-state index contributed by atoms with van der Waals surface area (Å²) < 4.78 is 2.04. The number of nitrogens with one attached hydrogen (secondary N) is 1. The number of thiazole rings is 1. The van der Waals surface area contributed by atoms with Crippen LogP contribution in [0, 0.1) is 13.8 Å². The Morgan fingerprint density at radius 1 is 1.06 bits per heavy atom. The molecule has 1 N–H and O–H groups in total. The van der Waals surface area contributed by atoms with Gasteiger partial charge in [0.15, 0.2) is 5.16 Å². The monoisotopic (exact) mass is 463 g/mol. The van der Waals surface area contributed by atoms with Crippen LogP contribution in [0.4, 0.5) is 11.4 Å². The smallest absolute Gasteiger partial charge is 0.234 e. The van der Waals surface area contributed by atoms with E-state index in [1.165, 1.54) is 41.4 Å². The Morgan fingerprint density at radius 2 is 1.84 bits per heavy atom. The van der Waals surface area contributed by atoms with Crippen LogP contribution in [-0.2, 0) is 4.79 Å². The van der Waals surface area contributed by atoms with E-state index in [1.807, 2.05) is 16.5 Å². The molecular weight excluding hydrogens is 438 g/mol. The van der Waals surface area contributed by atoms with Crippen LogP contribution < -0.4 is 10.2 Å². The van der Waals surface area contributed by atoms with Crippen LogP contribution in [0.3, 0.4) is 0 Å². The van der Waals surface area contributed by atoms with Crippen molar-refractivity contribution in [2.45, 2.75) is 31.8 Å². The summed E-state index contributed by atoms with van der Waals surface area (Å²) in [5.41, 5.74) is 6.73. The molecule has 2 aromatic carbocycles. The molecule has 32 heavy (non-hydrogen) atoms. The third-order valence-electron chi connectivity index (χ3n) is 5.88. The minimum Gasteiger partial charge on any atom is -0.372 e. The minimum absolute atomic E-state index is 0.0522. The summed E-state index contributed by atoms with van der Waals surface area (Å²) in [6.07, 6.45) is 2.50. The van der Waals surface area contributed by atoms with E-state index in [0.717, 1.165) is 40.2 Å². The fraction of sp³-hybridized carbons (Fsp3) is 0.292. The zero-order valence-electron chi connectivity index (χ0n) is 18.2. The van der Waals surface area contributed by atoms with Crippen molar-refractivity contribution in [3.63, 3.8) is 0 Å². The number of thioether (sulfide) groups is 1. The SMILES string of the molecule is Cc1ccc(-c2csc3nnc(SCC(=O)Nc4ccc(N5CCCC5)cc4)n23)cc1C. The van der Waals surface area contributed by atoms with E-state index >= 15 is 0 Å². The topological polar surface area (TPSA) is 62.5 Å². The van der Waals surface area contributed by atoms with Gasteiger partial charge in [-0.2, -0.15) is 0 Å². The van der Waals surface area contributed by atoms with Gasteiger partial charge in [0.05, 0.1) is 11.4 Å². The van der Waals surface area contributed by atoms with Crippen molar-refractivity contribution in [3.05, 3.63) is 59.0 Å². The van der Waals surface area contributed by atoms with Gasteiger partial charge in [-0.1, -0.05) is 23.9 Å². The number of aromatic nitrogens is 3. The van der Waals surface area contributed by atoms with Gasteiger partial charge in [-0.05, 0) is 73.7 Å². The van der Waals surface area contributed by atoms with Crippen LogP contribution in [0.2, 0.25) is 0 Å². The zero-order chi connectivity index (χ0) is 22.1. The summed E-state index contributed by atoms with van der Waals surface area (Å²) in [5, 5.41) is 14.4. The molecule has 0 aliphatic carbocycles. The lowest BCUT2D eigenvalue weighted by Gasteiger charge is -2.17. The first-order valence-corrected chi connectivity index (χ1v) is 12.6. The molecule has 8 heteroatoms. The number of nitrogens with zero attached hydrogens (tertiary/aromatic N) is 4. The molecule has 0 atom stereocenters. The average Bonchev–Trinajstić information content (AvgIpc) is 3.53. The predicted octanol–water partition coefficient (Wildman–Crippen LogP) is 5.41. The fourth-order valence-electron chi connectivity index (χ4n) is 3.95. The molecule has 0 bridgehead atoms. The molecule has 5 rings (SSSR count). The van der Waals surface area contributed by atoms with Crippen LogP contribution >= 0.6 is 23.1 Å². The lowest BCUT2D eigenvalue weighted by atomic mass is 10.1. The number of carbonyl (C=O) groups is 1. The number of benzene rings is 2. The molecule has 3 heterocycles. The Hall–Kier alpha value is -2.84. The molecular formula is C24H25N5OS2. The number of carbonyl (C=O) groups excluding carboxylic acids is 1. The highest BCUT2D eigenvalue weighted by molar-refractivity contribution is 7.99. The maximum absolute atomic E-state index is 12.6. The summed E-state index contributed by atoms with van der Waals surface area (Å²) in [4.78, 5) is 15.8. The van der Waals surface area contributed by atoms with E-state index in [4.69, 9.17) is 0 Å². The van der Waals surface area contributed by atoms with Gasteiger partial charge in [-0.3, -0.25) is 9.20 Å². The summed E-state index contributed by atoms with van der Waals surface area (Å²) in [5.74, 6) is 0.222. The molecule has 0 spiro atoms. The third kappa shape index (κ3) is 4.25. The highest BCUT2D eigenvalue weighted by Crippen LogP contribution is 2.31. The average molecular weight is 464 g/mol. The Bertz CT molecular complexity index is 1260. The normalized spacial score (nSPS) is 13.8. The van der Waals surface area contributed by atoms with E-state index in [1.54, 1.807) is 11.3 Å². The molecule has 1 aliphatic rings. The molecule has 1 aliphatic heterocycles. The van der Waals surface area contributed by atoms with Crippen molar-refractivity contribution in [3.8, 4) is 11.3 Å². The Kier molecular flexibility index (Phi) is 5.89. The standard InChI is InChI=1S/C24H25N5OS2/c1-16-5-6-18(13-17(16)2)21-14-31-23-26-27-24(29(21)23)32-15-22(30)25-19-7-9-20(10-8-19)28-11-3-4-12-28/h5-10,13-14H,3-4,11-12,15H2,1-2H3,(H,25,30). The third-order valence-corrected chi connectivity index (χ3v) is 7.62. The number of fused-ring (bicyclic) bond motifs is 1. The van der Waals surface area contributed by atoms with E-state index in [0.29, 0.717) is 0 Å². The molecule has 0 unspecified atom stereocenters. The summed E-state index contributed by atoms with van der Waals surface area (Å²) in [6.45, 7) is 6.46. The van der Waals surface area contributed by atoms with E-state index < -0.39 is 0 Å². The largest absolute Gasteiger partial charge is 0.372 e. The van der Waals surface area contributed by atoms with Gasteiger partial charge in [0.1, 0.15) is 0 Å². The molecule has 1 fully saturated rings. The fourth-order valence-corrected chi connectivity index (χ4v) is 5.59. The molecule has 164 valence electrons. The summed E-state index contributed by atoms with van der Waals surface area (Å²) in [7, 11) is 0. The quantitative estimate of drug-likeness (QED) is 0.388. The molecule has 2 aromatic heterocycles. The highest BCUT2D eigenvalue weighted by Gasteiger charge is 2.16. The van der Waals surface area contributed by atoms with Crippen molar-refractivity contribution in [1.82, 2.24) is 14.6 Å². The predicted molar refractivity (Wildman–Crippen MR) is 133 cm³/mol. The zero-order valence-corrected chi connectivity index (χ0v) is 19.8. The lowest BCUT2D eigenvalue weighted by Crippen LogP contribution is -2.18. The van der Waals surface area contributed by atoms with Gasteiger partial charge >= 0.3 is 0 Å². The Labute approximate surface area is 195 Å². The number of amides is 1. The number of hydrogen-bond acceptors (Lipinski definition) is 6. The second-order valence-electron chi connectivity index (χ2n) is 8.10. The maximum Gasteiger partial charge on any atom is 0.234 e. The molecule has 1 amide bonds. The van der Waals surface area contributed by atoms with Gasteiger partial charge in [-0.25, -0.2) is 0 Å². The van der Waals surface area contributed by atoms with Gasteiger partial charge in [0.2, 0.25) is 10.9 Å². The molecule has 0 radical (unpaired) electrons. The van der Waals surface area contributed by atoms with Crippen LogP contribution in [-0.4, -0.2) is 39.3 Å². The molecule has 4 aromatic rings. The number of anilines is 2. The van der Waals surface area contributed by atoms with E-state index in [9.17, 15) is 4.79 Å². The van der Waals surface area contributed by atoms with Crippen molar-refractivity contribution < 1.29 is 4.79 Å². The van der Waals surface area contributed by atoms with Gasteiger partial charge in [-0.15, -0.1) is 21.5 Å². The second-order valence-corrected chi connectivity index (χ2v) is 9.88. The maximum atomic E-state index is 12.6. The van der Waals surface area contributed by atoms with Gasteiger partial charge in [0, 0.05) is 29.8 Å². The van der Waals surface area contributed by atoms with Gasteiger partial charge in [0.25, 0.3) is 0 Å². The Morgan fingerprint density at radius 3 is 2.59 bits per heavy atom. The van der Waals surface area contributed by atoms with Crippen LogP contribution in [0.25, 0.3) is 16.2 Å². The van der Waals surface area contributed by atoms with E-state index in [-0.39, 0.29) is 11.7 Å². The number of aryl methyl sites for hydroxylation is 2. The summed E-state index contributed by atoms with van der Waals surface area (Å²) in [6, 6.07) is 14.5. The lowest BCUT2D eigenvalue weighted by molar-refractivity contribution is -0.113. The van der Waals surface area contributed by atoms with Crippen molar-refractivity contribution in [2.75, 3.05) is 29.1 Å². The second kappa shape index (κ2) is 8.96. The molecule has 1 saturated heterocycles. The van der Waals surface area contributed by atoms with E-state index in [2.05, 4.69) is 70.0 Å². The summed E-state index contributed by atoms with van der Waals surface area (Å²) >= 11 is 2.96. The first kappa shape index (κ1) is 21.0. The number of rotatable bonds is 6. The highest BCUT2D eigenvalue weighted by atomic mass is 32.2. The van der Waals surface area contributed by atoms with Crippen LogP contribution in [0.1, 0.15) is 24.0 Å². The van der Waals surface area contributed by atoms with Gasteiger partial charge < -0.3 is 10.2 Å². The van der Waals surface area contributed by atoms with Crippen molar-refractivity contribution >= 4 is 45.3 Å².